The highest BCUT2D eigenvalue weighted by Crippen LogP contribution is 2.32. The van der Waals surface area contributed by atoms with Gasteiger partial charge in [0.1, 0.15) is 36.6 Å². The number of hydrogen-bond donors (Lipinski definition) is 6. The molecule has 2 heterocycles. The predicted octanol–water partition coefficient (Wildman–Crippen LogP) is -3.90. The summed E-state index contributed by atoms with van der Waals surface area (Å²) in [5.74, 6) is -1.91. The van der Waals surface area contributed by atoms with Crippen molar-refractivity contribution in [2.45, 2.75) is 55.6 Å². The van der Waals surface area contributed by atoms with Gasteiger partial charge in [0.05, 0.1) is 13.2 Å². The van der Waals surface area contributed by atoms with E-state index in [-0.39, 0.29) is 6.61 Å². The molecule has 8 atom stereocenters. The maximum Gasteiger partial charge on any atom is 0.397 e. The number of aliphatic hydroxyl groups excluding tert-OH is 5. The second-order valence-corrected chi connectivity index (χ2v) is 6.73. The third kappa shape index (κ3) is 4.20. The SMILES string of the molecule is CC1(O[C@@H]2COC(O)[C@H](O)[C@H]2O)OC[C@@H](OS(=O)(=O)O)[C@H](O)[C@H]1O. The fourth-order valence-electron chi connectivity index (χ4n) is 2.47. The standard InChI is InChI=1S/C11H20O12S/c1-11(22-4-2-20-10(16)8(14)6(4)12)9(15)7(13)5(3-21-11)23-24(17,18)19/h4-10,12-16H,2-3H2,1H3,(H,17,18,19)/t4-,5-,6+,7+,8-,9-,10?,11?/m1/s1. The molecule has 2 fully saturated rings. The van der Waals surface area contributed by atoms with Crippen LogP contribution in [0.15, 0.2) is 0 Å². The van der Waals surface area contributed by atoms with Crippen molar-refractivity contribution >= 4 is 10.4 Å². The topological polar surface area (TPSA) is 192 Å². The molecule has 24 heavy (non-hydrogen) atoms. The Hall–Kier alpha value is -0.450. The summed E-state index contributed by atoms with van der Waals surface area (Å²) < 4.78 is 49.5. The van der Waals surface area contributed by atoms with Crippen LogP contribution in [0.1, 0.15) is 6.92 Å². The first-order valence-electron chi connectivity index (χ1n) is 6.94. The highest BCUT2D eigenvalue weighted by Gasteiger charge is 2.52. The molecule has 2 rings (SSSR count). The maximum absolute atomic E-state index is 10.7. The quantitative estimate of drug-likeness (QED) is 0.262. The summed E-state index contributed by atoms with van der Waals surface area (Å²) in [6.45, 7) is 0.296. The van der Waals surface area contributed by atoms with E-state index in [1.807, 2.05) is 0 Å². The Morgan fingerprint density at radius 3 is 2.21 bits per heavy atom. The monoisotopic (exact) mass is 376 g/mol. The van der Waals surface area contributed by atoms with Crippen LogP contribution in [0.4, 0.5) is 0 Å². The van der Waals surface area contributed by atoms with E-state index in [9.17, 15) is 34.0 Å². The second-order valence-electron chi connectivity index (χ2n) is 5.69. The van der Waals surface area contributed by atoms with E-state index in [1.54, 1.807) is 0 Å². The zero-order chi connectivity index (χ0) is 18.3. The molecule has 0 aromatic carbocycles. The van der Waals surface area contributed by atoms with Crippen molar-refractivity contribution in [3.63, 3.8) is 0 Å². The molecule has 0 aromatic rings. The highest BCUT2D eigenvalue weighted by atomic mass is 32.3. The van der Waals surface area contributed by atoms with Crippen LogP contribution in [0.25, 0.3) is 0 Å². The molecular weight excluding hydrogens is 356 g/mol. The molecule has 13 heteroatoms. The van der Waals surface area contributed by atoms with E-state index in [0.29, 0.717) is 0 Å². The average molecular weight is 376 g/mol. The molecule has 2 saturated heterocycles. The molecule has 0 bridgehead atoms. The lowest BCUT2D eigenvalue weighted by atomic mass is 9.97. The summed E-state index contributed by atoms with van der Waals surface area (Å²) in [6, 6.07) is 0. The number of ether oxygens (including phenoxy) is 3. The lowest BCUT2D eigenvalue weighted by molar-refractivity contribution is -0.367. The van der Waals surface area contributed by atoms with Gasteiger partial charge in [-0.05, 0) is 6.92 Å². The smallest absolute Gasteiger partial charge is 0.387 e. The number of aliphatic hydroxyl groups is 5. The fourth-order valence-corrected chi connectivity index (χ4v) is 2.95. The minimum absolute atomic E-state index is 0.341. The van der Waals surface area contributed by atoms with Gasteiger partial charge < -0.3 is 39.7 Å². The van der Waals surface area contributed by atoms with Crippen LogP contribution in [-0.2, 0) is 28.8 Å². The van der Waals surface area contributed by atoms with Crippen molar-refractivity contribution in [3.8, 4) is 0 Å². The van der Waals surface area contributed by atoms with E-state index < -0.39 is 65.7 Å². The Bertz CT molecular complexity index is 539. The normalized spacial score (nSPS) is 47.5. The van der Waals surface area contributed by atoms with Crippen LogP contribution >= 0.6 is 0 Å². The van der Waals surface area contributed by atoms with Crippen LogP contribution in [-0.4, -0.2) is 100 Å². The van der Waals surface area contributed by atoms with Gasteiger partial charge in [-0.15, -0.1) is 0 Å². The van der Waals surface area contributed by atoms with E-state index >= 15 is 0 Å². The summed E-state index contributed by atoms with van der Waals surface area (Å²) in [7, 11) is -4.88. The Kier molecular flexibility index (Phi) is 5.83. The molecule has 0 aliphatic carbocycles. The average Bonchev–Trinajstić information content (AvgIpc) is 2.48. The molecule has 0 amide bonds. The van der Waals surface area contributed by atoms with Crippen molar-refractivity contribution in [1.82, 2.24) is 0 Å². The summed E-state index contributed by atoms with van der Waals surface area (Å²) in [5.41, 5.74) is 0. The van der Waals surface area contributed by atoms with Crippen molar-refractivity contribution in [1.29, 1.82) is 0 Å². The van der Waals surface area contributed by atoms with Gasteiger partial charge in [-0.1, -0.05) is 0 Å². The zero-order valence-corrected chi connectivity index (χ0v) is 13.3. The first kappa shape index (κ1) is 19.9. The first-order chi connectivity index (χ1) is 10.9. The van der Waals surface area contributed by atoms with Crippen LogP contribution in [0.2, 0.25) is 0 Å². The second kappa shape index (κ2) is 7.05. The van der Waals surface area contributed by atoms with Gasteiger partial charge in [0.25, 0.3) is 0 Å². The van der Waals surface area contributed by atoms with Crippen LogP contribution < -0.4 is 0 Å². The van der Waals surface area contributed by atoms with Crippen LogP contribution in [0.5, 0.6) is 0 Å². The minimum Gasteiger partial charge on any atom is -0.387 e. The van der Waals surface area contributed by atoms with E-state index in [0.717, 1.165) is 0 Å². The molecule has 142 valence electrons. The summed E-state index contributed by atoms with van der Waals surface area (Å²) >= 11 is 0. The highest BCUT2D eigenvalue weighted by molar-refractivity contribution is 7.80. The Morgan fingerprint density at radius 1 is 1.00 bits per heavy atom. The maximum atomic E-state index is 10.7. The largest absolute Gasteiger partial charge is 0.397 e. The molecule has 0 saturated carbocycles. The van der Waals surface area contributed by atoms with Gasteiger partial charge in [-0.2, -0.15) is 8.42 Å². The van der Waals surface area contributed by atoms with E-state index in [1.165, 1.54) is 6.92 Å². The van der Waals surface area contributed by atoms with E-state index in [2.05, 4.69) is 4.18 Å². The molecule has 2 aliphatic heterocycles. The molecule has 0 aromatic heterocycles. The molecule has 2 unspecified atom stereocenters. The van der Waals surface area contributed by atoms with Crippen molar-refractivity contribution in [2.24, 2.45) is 0 Å². The molecule has 0 spiro atoms. The van der Waals surface area contributed by atoms with E-state index in [4.69, 9.17) is 18.8 Å². The summed E-state index contributed by atoms with van der Waals surface area (Å²) in [5, 5.41) is 48.7. The lowest BCUT2D eigenvalue weighted by Crippen LogP contribution is -2.64. The van der Waals surface area contributed by atoms with Crippen LogP contribution in [0, 0.1) is 0 Å². The van der Waals surface area contributed by atoms with Crippen molar-refractivity contribution < 1.29 is 56.9 Å². The van der Waals surface area contributed by atoms with Gasteiger partial charge in [0.15, 0.2) is 12.1 Å². The Balaban J connectivity index is 2.06. The lowest BCUT2D eigenvalue weighted by Gasteiger charge is -2.46. The summed E-state index contributed by atoms with van der Waals surface area (Å²) in [4.78, 5) is 0. The van der Waals surface area contributed by atoms with Gasteiger partial charge in [-0.25, -0.2) is 4.18 Å². The molecule has 0 radical (unpaired) electrons. The third-order valence-corrected chi connectivity index (χ3v) is 4.35. The van der Waals surface area contributed by atoms with Gasteiger partial charge in [0, 0.05) is 0 Å². The third-order valence-electron chi connectivity index (χ3n) is 3.86. The summed E-state index contributed by atoms with van der Waals surface area (Å²) in [6.07, 6.45) is -11.3. The molecule has 2 aliphatic rings. The molecular formula is C11H20O12S. The minimum atomic E-state index is -4.88. The Morgan fingerprint density at radius 2 is 1.62 bits per heavy atom. The van der Waals surface area contributed by atoms with Gasteiger partial charge in [-0.3, -0.25) is 4.55 Å². The molecule has 6 N–H and O–H groups in total. The number of hydrogen-bond acceptors (Lipinski definition) is 11. The van der Waals surface area contributed by atoms with Gasteiger partial charge in [0.2, 0.25) is 0 Å². The predicted molar refractivity (Wildman–Crippen MR) is 71.6 cm³/mol. The molecule has 12 nitrogen and oxygen atoms in total. The number of rotatable bonds is 4. The fraction of sp³-hybridized carbons (Fsp3) is 1.00. The first-order valence-corrected chi connectivity index (χ1v) is 8.30. The van der Waals surface area contributed by atoms with Crippen molar-refractivity contribution in [2.75, 3.05) is 13.2 Å². The van der Waals surface area contributed by atoms with Gasteiger partial charge >= 0.3 is 10.4 Å². The van der Waals surface area contributed by atoms with Crippen LogP contribution in [0.3, 0.4) is 0 Å². The Labute approximate surface area is 137 Å². The zero-order valence-electron chi connectivity index (χ0n) is 12.5. The van der Waals surface area contributed by atoms with Crippen molar-refractivity contribution in [3.05, 3.63) is 0 Å².